The molecule has 0 radical (unpaired) electrons. The molecule has 1 aromatic heterocycles. The van der Waals surface area contributed by atoms with Gasteiger partial charge in [0.25, 0.3) is 0 Å². The summed E-state index contributed by atoms with van der Waals surface area (Å²) in [7, 11) is 0. The van der Waals surface area contributed by atoms with Gasteiger partial charge >= 0.3 is 6.36 Å². The first-order valence-electron chi connectivity index (χ1n) is 3.31. The van der Waals surface area contributed by atoms with E-state index < -0.39 is 23.1 Å². The maximum absolute atomic E-state index is 11.7. The van der Waals surface area contributed by atoms with Crippen molar-refractivity contribution in [1.82, 2.24) is 4.98 Å². The number of pyridine rings is 1. The molecule has 0 atom stereocenters. The van der Waals surface area contributed by atoms with Crippen molar-refractivity contribution >= 4 is 0 Å². The first-order chi connectivity index (χ1) is 6.44. The molecule has 0 aliphatic rings. The molecule has 74 valence electrons. The first kappa shape index (κ1) is 10.1. The summed E-state index contributed by atoms with van der Waals surface area (Å²) in [5, 5.41) is 8.33. The molecule has 0 bridgehead atoms. The van der Waals surface area contributed by atoms with Gasteiger partial charge < -0.3 is 9.72 Å². The summed E-state index contributed by atoms with van der Waals surface area (Å²) < 4.78 is 38.5. The van der Waals surface area contributed by atoms with Crippen LogP contribution in [-0.2, 0) is 0 Å². The number of rotatable bonds is 1. The topological polar surface area (TPSA) is 65.9 Å². The second kappa shape index (κ2) is 3.41. The number of H-pyrrole nitrogens is 1. The number of ether oxygens (including phenoxy) is 1. The second-order valence-electron chi connectivity index (χ2n) is 2.22. The molecule has 1 N–H and O–H groups in total. The highest BCUT2D eigenvalue weighted by molar-refractivity contribution is 5.32. The zero-order valence-corrected chi connectivity index (χ0v) is 6.55. The number of aromatic nitrogens is 1. The average molecular weight is 204 g/mol. The van der Waals surface area contributed by atoms with Gasteiger partial charge in [-0.2, -0.15) is 5.26 Å². The lowest BCUT2D eigenvalue weighted by atomic mass is 10.3. The van der Waals surface area contributed by atoms with Crippen LogP contribution in [0, 0.1) is 11.3 Å². The van der Waals surface area contributed by atoms with Gasteiger partial charge in [-0.25, -0.2) is 0 Å². The third kappa shape index (κ3) is 2.26. The van der Waals surface area contributed by atoms with Crippen molar-refractivity contribution < 1.29 is 17.9 Å². The molecule has 7 heteroatoms. The molecule has 1 aromatic rings. The molecule has 14 heavy (non-hydrogen) atoms. The lowest BCUT2D eigenvalue weighted by Crippen LogP contribution is -2.22. The SMILES string of the molecule is N#Cc1c[nH]cc(OC(F)(F)F)c1=O. The lowest BCUT2D eigenvalue weighted by molar-refractivity contribution is -0.275. The van der Waals surface area contributed by atoms with Crippen molar-refractivity contribution in [3.63, 3.8) is 0 Å². The van der Waals surface area contributed by atoms with Crippen molar-refractivity contribution in [2.75, 3.05) is 0 Å². The van der Waals surface area contributed by atoms with E-state index in [2.05, 4.69) is 9.72 Å². The van der Waals surface area contributed by atoms with E-state index in [1.54, 1.807) is 0 Å². The standard InChI is InChI=1S/C7H3F3N2O2/c8-7(9,10)14-5-3-12-2-4(1-11)6(5)13/h2-3H,(H,12,13). The molecule has 1 heterocycles. The number of aromatic amines is 1. The summed E-state index contributed by atoms with van der Waals surface area (Å²) in [6.07, 6.45) is -3.22. The zero-order valence-electron chi connectivity index (χ0n) is 6.55. The Labute approximate surface area is 75.5 Å². The normalized spacial score (nSPS) is 10.7. The maximum atomic E-state index is 11.7. The van der Waals surface area contributed by atoms with Gasteiger partial charge in [0.2, 0.25) is 5.43 Å². The molecular formula is C7H3F3N2O2. The fraction of sp³-hybridized carbons (Fsp3) is 0.143. The summed E-state index contributed by atoms with van der Waals surface area (Å²) in [4.78, 5) is 13.2. The Bertz CT molecular complexity index is 430. The minimum absolute atomic E-state index is 0.438. The quantitative estimate of drug-likeness (QED) is 0.745. The van der Waals surface area contributed by atoms with E-state index in [0.29, 0.717) is 0 Å². The van der Waals surface area contributed by atoms with Gasteiger partial charge in [-0.15, -0.1) is 13.2 Å². The van der Waals surface area contributed by atoms with Crippen LogP contribution in [0.1, 0.15) is 5.56 Å². The third-order valence-corrected chi connectivity index (χ3v) is 1.26. The Morgan fingerprint density at radius 3 is 2.57 bits per heavy atom. The number of nitriles is 1. The Morgan fingerprint density at radius 2 is 2.07 bits per heavy atom. The van der Waals surface area contributed by atoms with E-state index in [4.69, 9.17) is 5.26 Å². The summed E-state index contributed by atoms with van der Waals surface area (Å²) in [6.45, 7) is 0. The van der Waals surface area contributed by atoms with Crippen LogP contribution < -0.4 is 10.2 Å². The Morgan fingerprint density at radius 1 is 1.43 bits per heavy atom. The molecular weight excluding hydrogens is 201 g/mol. The van der Waals surface area contributed by atoms with Crippen LogP contribution in [0.15, 0.2) is 17.2 Å². The largest absolute Gasteiger partial charge is 0.573 e. The summed E-state index contributed by atoms with van der Waals surface area (Å²) in [6, 6.07) is 1.43. The van der Waals surface area contributed by atoms with Crippen molar-refractivity contribution in [3.05, 3.63) is 28.2 Å². The van der Waals surface area contributed by atoms with Crippen LogP contribution in [0.25, 0.3) is 0 Å². The van der Waals surface area contributed by atoms with Crippen LogP contribution in [0.5, 0.6) is 5.75 Å². The highest BCUT2D eigenvalue weighted by Crippen LogP contribution is 2.18. The molecule has 0 saturated heterocycles. The Kier molecular flexibility index (Phi) is 2.47. The monoisotopic (exact) mass is 204 g/mol. The fourth-order valence-electron chi connectivity index (χ4n) is 0.748. The van der Waals surface area contributed by atoms with E-state index >= 15 is 0 Å². The van der Waals surface area contributed by atoms with Crippen molar-refractivity contribution in [2.24, 2.45) is 0 Å². The molecule has 0 unspecified atom stereocenters. The van der Waals surface area contributed by atoms with Crippen LogP contribution in [0.2, 0.25) is 0 Å². The van der Waals surface area contributed by atoms with Gasteiger partial charge in [0.15, 0.2) is 5.75 Å². The predicted octanol–water partition coefficient (Wildman–Crippen LogP) is 1.15. The second-order valence-corrected chi connectivity index (χ2v) is 2.22. The van der Waals surface area contributed by atoms with E-state index in [1.807, 2.05) is 0 Å². The van der Waals surface area contributed by atoms with E-state index in [9.17, 15) is 18.0 Å². The van der Waals surface area contributed by atoms with Gasteiger partial charge in [-0.3, -0.25) is 4.79 Å². The maximum Gasteiger partial charge on any atom is 0.573 e. The summed E-state index contributed by atoms with van der Waals surface area (Å²) in [5.74, 6) is -0.948. The molecule has 0 amide bonds. The van der Waals surface area contributed by atoms with Crippen LogP contribution in [-0.4, -0.2) is 11.3 Å². The highest BCUT2D eigenvalue weighted by Gasteiger charge is 2.32. The molecule has 0 aliphatic heterocycles. The predicted molar refractivity (Wildman–Crippen MR) is 38.5 cm³/mol. The van der Waals surface area contributed by atoms with Gasteiger partial charge in [-0.1, -0.05) is 0 Å². The van der Waals surface area contributed by atoms with Gasteiger partial charge in [0.05, 0.1) is 0 Å². The number of nitrogens with zero attached hydrogens (tertiary/aromatic N) is 1. The molecule has 0 saturated carbocycles. The smallest absolute Gasteiger partial charge is 0.400 e. The van der Waals surface area contributed by atoms with Gasteiger partial charge in [-0.05, 0) is 0 Å². The molecule has 0 aliphatic carbocycles. The van der Waals surface area contributed by atoms with Crippen LogP contribution in [0.3, 0.4) is 0 Å². The minimum Gasteiger partial charge on any atom is -0.400 e. The Balaban J connectivity index is 3.13. The van der Waals surface area contributed by atoms with E-state index in [-0.39, 0.29) is 0 Å². The molecule has 0 fully saturated rings. The zero-order chi connectivity index (χ0) is 10.8. The number of nitrogens with one attached hydrogen (secondary N) is 1. The van der Waals surface area contributed by atoms with Gasteiger partial charge in [0, 0.05) is 12.4 Å². The number of halogens is 3. The number of hydrogen-bond acceptors (Lipinski definition) is 3. The first-order valence-corrected chi connectivity index (χ1v) is 3.31. The van der Waals surface area contributed by atoms with Gasteiger partial charge in [0.1, 0.15) is 11.6 Å². The lowest BCUT2D eigenvalue weighted by Gasteiger charge is -2.07. The van der Waals surface area contributed by atoms with Crippen molar-refractivity contribution in [2.45, 2.75) is 6.36 Å². The molecule has 0 spiro atoms. The van der Waals surface area contributed by atoms with E-state index in [0.717, 1.165) is 12.4 Å². The third-order valence-electron chi connectivity index (χ3n) is 1.26. The fourth-order valence-corrected chi connectivity index (χ4v) is 0.748. The van der Waals surface area contributed by atoms with Crippen molar-refractivity contribution in [3.8, 4) is 11.8 Å². The van der Waals surface area contributed by atoms with Crippen LogP contribution in [0.4, 0.5) is 13.2 Å². The minimum atomic E-state index is -4.94. The summed E-state index contributed by atoms with van der Waals surface area (Å²) >= 11 is 0. The van der Waals surface area contributed by atoms with Crippen molar-refractivity contribution in [1.29, 1.82) is 5.26 Å². The van der Waals surface area contributed by atoms with E-state index in [1.165, 1.54) is 6.07 Å². The summed E-state index contributed by atoms with van der Waals surface area (Å²) in [5.41, 5.74) is -1.53. The number of alkyl halides is 3. The average Bonchev–Trinajstić information content (AvgIpc) is 2.06. The van der Waals surface area contributed by atoms with Crippen LogP contribution >= 0.6 is 0 Å². The highest BCUT2D eigenvalue weighted by atomic mass is 19.4. The number of hydrogen-bond donors (Lipinski definition) is 1. The molecule has 0 aromatic carbocycles. The molecule has 1 rings (SSSR count). The molecule has 4 nitrogen and oxygen atoms in total. The Hall–Kier alpha value is -1.97.